The molecule has 228 valence electrons. The van der Waals surface area contributed by atoms with Crippen molar-refractivity contribution in [1.82, 2.24) is 4.90 Å². The van der Waals surface area contributed by atoms with Crippen molar-refractivity contribution in [3.05, 3.63) is 94.8 Å². The van der Waals surface area contributed by atoms with Crippen LogP contribution in [0, 0.1) is 18.8 Å². The Morgan fingerprint density at radius 2 is 1.81 bits per heavy atom. The standard InChI is InChI=1S/C31H38F3NO5.C2H2/c1-4-28(39-21-25-17-18-25)26(14-10-16-29(36)37)13-9-15-27(31(32,33)34)19-23(3)20-35(5-2)30(38)40-22-24-11-7-6-8-12-24;1-2/h4,6-9,11-15,19,25H,5,10,16-18,20-22H2,1-3H3,(H,36,37);1-2H/b13-9+,23-19+,26-14-,27-15+,28-4+;. The van der Waals surface area contributed by atoms with Crippen LogP contribution in [-0.2, 0) is 20.9 Å². The molecule has 0 heterocycles. The molecule has 1 aliphatic rings. The molecule has 0 saturated heterocycles. The minimum absolute atomic E-state index is 0.0284. The zero-order chi connectivity index (χ0) is 31.5. The van der Waals surface area contributed by atoms with E-state index in [1.165, 1.54) is 24.0 Å². The molecule has 0 aromatic heterocycles. The van der Waals surface area contributed by atoms with Crippen LogP contribution in [0.3, 0.4) is 0 Å². The smallest absolute Gasteiger partial charge is 0.416 e. The number of carboxylic acid groups (broad SMARTS) is 1. The number of terminal acetylenes is 1. The third kappa shape index (κ3) is 14.4. The Balaban J connectivity index is 0.00000431. The topological polar surface area (TPSA) is 76.1 Å². The Hall–Kier alpha value is -4.19. The number of carbonyl (C=O) groups is 2. The number of alkyl halides is 3. The van der Waals surface area contributed by atoms with Gasteiger partial charge in [-0.25, -0.2) is 4.79 Å². The molecule has 1 N–H and O–H groups in total. The van der Waals surface area contributed by atoms with Gasteiger partial charge >= 0.3 is 18.2 Å². The van der Waals surface area contributed by atoms with E-state index in [0.717, 1.165) is 30.6 Å². The normalized spacial score (nSPS) is 14.7. The Labute approximate surface area is 246 Å². The quantitative estimate of drug-likeness (QED) is 0.128. The van der Waals surface area contributed by atoms with E-state index < -0.39 is 23.8 Å². The van der Waals surface area contributed by atoms with E-state index >= 15 is 0 Å². The van der Waals surface area contributed by atoms with Gasteiger partial charge in [0.05, 0.1) is 12.2 Å². The zero-order valence-electron chi connectivity index (χ0n) is 24.4. The van der Waals surface area contributed by atoms with Gasteiger partial charge in [-0.3, -0.25) is 4.79 Å². The van der Waals surface area contributed by atoms with Gasteiger partial charge in [-0.1, -0.05) is 54.1 Å². The molecule has 9 heteroatoms. The summed E-state index contributed by atoms with van der Waals surface area (Å²) in [5.41, 5.74) is 0.764. The summed E-state index contributed by atoms with van der Waals surface area (Å²) in [7, 11) is 0. The van der Waals surface area contributed by atoms with Gasteiger partial charge < -0.3 is 19.5 Å². The largest absolute Gasteiger partial charge is 0.493 e. The number of nitrogens with zero attached hydrogens (tertiary/aromatic N) is 1. The van der Waals surface area contributed by atoms with Gasteiger partial charge in [-0.15, -0.1) is 12.8 Å². The molecule has 1 aromatic carbocycles. The summed E-state index contributed by atoms with van der Waals surface area (Å²) in [6.45, 7) is 5.82. The van der Waals surface area contributed by atoms with E-state index in [9.17, 15) is 22.8 Å². The van der Waals surface area contributed by atoms with Crippen LogP contribution in [0.5, 0.6) is 0 Å². The summed E-state index contributed by atoms with van der Waals surface area (Å²) in [6.07, 6.45) is 13.1. The van der Waals surface area contributed by atoms with Crippen LogP contribution in [0.1, 0.15) is 52.0 Å². The second-order valence-electron chi connectivity index (χ2n) is 9.52. The number of carbonyl (C=O) groups excluding carboxylic acids is 1. The lowest BCUT2D eigenvalue weighted by atomic mass is 10.1. The van der Waals surface area contributed by atoms with E-state index in [-0.39, 0.29) is 32.5 Å². The number of carboxylic acids is 1. The van der Waals surface area contributed by atoms with Crippen molar-refractivity contribution in [2.75, 3.05) is 19.7 Å². The van der Waals surface area contributed by atoms with E-state index in [1.54, 1.807) is 26.0 Å². The van der Waals surface area contributed by atoms with Crippen LogP contribution in [0.4, 0.5) is 18.0 Å². The maximum absolute atomic E-state index is 13.9. The predicted molar refractivity (Wildman–Crippen MR) is 158 cm³/mol. The number of ether oxygens (including phenoxy) is 2. The van der Waals surface area contributed by atoms with Crippen LogP contribution in [0.15, 0.2) is 89.3 Å². The highest BCUT2D eigenvalue weighted by molar-refractivity contribution is 5.68. The van der Waals surface area contributed by atoms with Crippen LogP contribution in [0.2, 0.25) is 0 Å². The fraction of sp³-hybridized carbons (Fsp3) is 0.394. The summed E-state index contributed by atoms with van der Waals surface area (Å²) in [4.78, 5) is 24.8. The Kier molecular flexibility index (Phi) is 16.2. The number of allylic oxidation sites excluding steroid dienone is 7. The van der Waals surface area contributed by atoms with Gasteiger partial charge in [0.25, 0.3) is 0 Å². The highest BCUT2D eigenvalue weighted by Gasteiger charge is 2.32. The summed E-state index contributed by atoms with van der Waals surface area (Å²) >= 11 is 0. The molecule has 0 bridgehead atoms. The number of amides is 1. The third-order valence-corrected chi connectivity index (χ3v) is 6.01. The molecule has 2 rings (SSSR count). The van der Waals surface area contributed by atoms with Crippen molar-refractivity contribution < 1.29 is 37.3 Å². The molecule has 1 amide bonds. The van der Waals surface area contributed by atoms with Crippen LogP contribution < -0.4 is 0 Å². The number of likely N-dealkylation sites (N-methyl/N-ethyl adjacent to an activating group) is 1. The number of hydrogen-bond donors (Lipinski definition) is 1. The molecule has 0 aliphatic heterocycles. The van der Waals surface area contributed by atoms with Crippen LogP contribution >= 0.6 is 0 Å². The molecule has 1 aromatic rings. The molecular formula is C33H40F3NO5. The van der Waals surface area contributed by atoms with E-state index in [4.69, 9.17) is 14.6 Å². The van der Waals surface area contributed by atoms with Gasteiger partial charge in [0.1, 0.15) is 12.4 Å². The van der Waals surface area contributed by atoms with Crippen molar-refractivity contribution in [3.63, 3.8) is 0 Å². The highest BCUT2D eigenvalue weighted by Crippen LogP contribution is 2.31. The molecule has 0 unspecified atom stereocenters. The van der Waals surface area contributed by atoms with Crippen molar-refractivity contribution in [2.45, 2.75) is 59.2 Å². The molecular weight excluding hydrogens is 547 g/mol. The lowest BCUT2D eigenvalue weighted by molar-refractivity contribution is -0.136. The SMILES string of the molecule is C#C.C\C=C(OCC1CC1)/C(=C\CCC(=O)O)/C=C/C=C(\C=C(/C)CN(CC)C(=O)OCc1ccccc1)C(F)(F)F. The van der Waals surface area contributed by atoms with E-state index in [0.29, 0.717) is 29.4 Å². The fourth-order valence-corrected chi connectivity index (χ4v) is 3.64. The van der Waals surface area contributed by atoms with Crippen molar-refractivity contribution in [1.29, 1.82) is 0 Å². The zero-order valence-corrected chi connectivity index (χ0v) is 24.4. The van der Waals surface area contributed by atoms with Gasteiger partial charge in [-0.2, -0.15) is 13.2 Å². The summed E-state index contributed by atoms with van der Waals surface area (Å²) in [5, 5.41) is 8.96. The average molecular weight is 588 g/mol. The lowest BCUT2D eigenvalue weighted by Gasteiger charge is -2.21. The predicted octanol–water partition coefficient (Wildman–Crippen LogP) is 8.01. The third-order valence-electron chi connectivity index (χ3n) is 6.01. The first-order chi connectivity index (χ1) is 20.0. The molecule has 1 saturated carbocycles. The summed E-state index contributed by atoms with van der Waals surface area (Å²) < 4.78 is 52.7. The summed E-state index contributed by atoms with van der Waals surface area (Å²) in [6, 6.07) is 9.12. The Morgan fingerprint density at radius 3 is 2.36 bits per heavy atom. The number of aliphatic carboxylic acids is 1. The second kappa shape index (κ2) is 19.0. The number of rotatable bonds is 15. The molecule has 0 radical (unpaired) electrons. The molecule has 0 atom stereocenters. The van der Waals surface area contributed by atoms with E-state index in [1.807, 2.05) is 30.3 Å². The molecule has 42 heavy (non-hydrogen) atoms. The van der Waals surface area contributed by atoms with Crippen LogP contribution in [0.25, 0.3) is 0 Å². The maximum atomic E-state index is 13.9. The average Bonchev–Trinajstić information content (AvgIpc) is 3.79. The molecule has 1 fully saturated rings. The van der Waals surface area contributed by atoms with Gasteiger partial charge in [0.15, 0.2) is 0 Å². The Morgan fingerprint density at radius 1 is 1.14 bits per heavy atom. The van der Waals surface area contributed by atoms with Crippen molar-refractivity contribution in [3.8, 4) is 12.8 Å². The van der Waals surface area contributed by atoms with Gasteiger partial charge in [0, 0.05) is 25.1 Å². The fourth-order valence-electron chi connectivity index (χ4n) is 3.64. The van der Waals surface area contributed by atoms with Crippen molar-refractivity contribution in [2.24, 2.45) is 5.92 Å². The van der Waals surface area contributed by atoms with Crippen molar-refractivity contribution >= 4 is 12.1 Å². The molecule has 6 nitrogen and oxygen atoms in total. The number of benzene rings is 1. The van der Waals surface area contributed by atoms with Gasteiger partial charge in [-0.05, 0) is 69.7 Å². The second-order valence-corrected chi connectivity index (χ2v) is 9.52. The van der Waals surface area contributed by atoms with Gasteiger partial charge in [0.2, 0.25) is 0 Å². The first-order valence-corrected chi connectivity index (χ1v) is 13.7. The summed E-state index contributed by atoms with van der Waals surface area (Å²) in [5.74, 6) is 0.00242. The van der Waals surface area contributed by atoms with E-state index in [2.05, 4.69) is 12.8 Å². The minimum atomic E-state index is -4.63. The molecule has 0 spiro atoms. The highest BCUT2D eigenvalue weighted by atomic mass is 19.4. The maximum Gasteiger partial charge on any atom is 0.416 e. The first-order valence-electron chi connectivity index (χ1n) is 13.7. The Bertz CT molecular complexity index is 1170. The lowest BCUT2D eigenvalue weighted by Crippen LogP contribution is -2.32. The first kappa shape index (κ1) is 35.8. The molecule has 1 aliphatic carbocycles. The van der Waals surface area contributed by atoms with Crippen LogP contribution in [-0.4, -0.2) is 47.9 Å². The minimum Gasteiger partial charge on any atom is -0.493 e. The monoisotopic (exact) mass is 587 g/mol. The number of hydrogen-bond acceptors (Lipinski definition) is 4. The number of halogens is 3.